The Morgan fingerprint density at radius 1 is 1.07 bits per heavy atom. The van der Waals surface area contributed by atoms with Crippen LogP contribution >= 0.6 is 11.6 Å². The molecule has 2 aromatic heterocycles. The van der Waals surface area contributed by atoms with Crippen LogP contribution in [0.15, 0.2) is 71.4 Å². The summed E-state index contributed by atoms with van der Waals surface area (Å²) < 4.78 is 5.64. The van der Waals surface area contributed by atoms with Crippen LogP contribution in [-0.4, -0.2) is 22.2 Å². The van der Waals surface area contributed by atoms with Crippen LogP contribution in [0.3, 0.4) is 0 Å². The number of pyridine rings is 1. The lowest BCUT2D eigenvalue weighted by atomic mass is 10.0. The van der Waals surface area contributed by atoms with Gasteiger partial charge >= 0.3 is 0 Å². The number of aryl methyl sites for hydroxylation is 1. The molecular formula is C23H19ClN4O. The molecule has 4 aromatic rings. The number of anilines is 1. The van der Waals surface area contributed by atoms with Gasteiger partial charge in [-0.15, -0.1) is 0 Å². The van der Waals surface area contributed by atoms with E-state index in [2.05, 4.69) is 51.6 Å². The van der Waals surface area contributed by atoms with E-state index in [0.29, 0.717) is 22.6 Å². The molecule has 0 aliphatic heterocycles. The highest BCUT2D eigenvalue weighted by molar-refractivity contribution is 6.30. The zero-order valence-corrected chi connectivity index (χ0v) is 16.8. The second kappa shape index (κ2) is 8.29. The van der Waals surface area contributed by atoms with Crippen molar-refractivity contribution in [1.29, 1.82) is 0 Å². The molecule has 0 bridgehead atoms. The third-order valence-electron chi connectivity index (χ3n) is 4.47. The molecule has 6 heteroatoms. The Kier molecular flexibility index (Phi) is 5.40. The minimum Gasteiger partial charge on any atom is -0.373 e. The fourth-order valence-corrected chi connectivity index (χ4v) is 3.17. The van der Waals surface area contributed by atoms with Gasteiger partial charge in [-0.25, -0.2) is 4.98 Å². The maximum absolute atomic E-state index is 6.23. The molecule has 2 heterocycles. The van der Waals surface area contributed by atoms with Crippen LogP contribution in [0.5, 0.6) is 0 Å². The van der Waals surface area contributed by atoms with Crippen LogP contribution in [0.4, 0.5) is 5.82 Å². The van der Waals surface area contributed by atoms with Gasteiger partial charge < -0.3 is 9.84 Å². The Morgan fingerprint density at radius 3 is 2.66 bits per heavy atom. The molecule has 0 saturated carbocycles. The lowest BCUT2D eigenvalue weighted by molar-refractivity contribution is 0.409. The van der Waals surface area contributed by atoms with Gasteiger partial charge in [-0.05, 0) is 48.4 Å². The van der Waals surface area contributed by atoms with Gasteiger partial charge in [0.15, 0.2) is 0 Å². The molecule has 0 radical (unpaired) electrons. The number of halogens is 1. The summed E-state index contributed by atoms with van der Waals surface area (Å²) in [5.74, 6) is 1.56. The largest absolute Gasteiger partial charge is 0.373 e. The molecular weight excluding hydrogens is 384 g/mol. The number of nitrogens with zero attached hydrogens (tertiary/aromatic N) is 3. The molecule has 29 heavy (non-hydrogen) atoms. The molecule has 0 amide bonds. The Morgan fingerprint density at radius 2 is 1.90 bits per heavy atom. The molecule has 0 aliphatic rings. The molecule has 0 aliphatic carbocycles. The minimum atomic E-state index is 0.411. The second-order valence-corrected chi connectivity index (χ2v) is 6.99. The SMILES string of the molecule is CNc1ncccc1-c1noc(/C(=C/c2ccc(C)cc2)c2cccc(Cl)c2)n1. The first kappa shape index (κ1) is 18.9. The van der Waals surface area contributed by atoms with Gasteiger partial charge in [-0.3, -0.25) is 0 Å². The Hall–Kier alpha value is -3.44. The molecule has 2 aromatic carbocycles. The van der Waals surface area contributed by atoms with Gasteiger partial charge in [-0.1, -0.05) is 58.7 Å². The predicted octanol–water partition coefficient (Wildman–Crippen LogP) is 5.72. The predicted molar refractivity (Wildman–Crippen MR) is 117 cm³/mol. The molecule has 0 spiro atoms. The van der Waals surface area contributed by atoms with Crippen LogP contribution < -0.4 is 5.32 Å². The summed E-state index contributed by atoms with van der Waals surface area (Å²) in [6.07, 6.45) is 3.73. The summed E-state index contributed by atoms with van der Waals surface area (Å²) in [7, 11) is 1.81. The van der Waals surface area contributed by atoms with Crippen molar-refractivity contribution in [1.82, 2.24) is 15.1 Å². The topological polar surface area (TPSA) is 63.8 Å². The van der Waals surface area contributed by atoms with Gasteiger partial charge in [0.2, 0.25) is 5.82 Å². The summed E-state index contributed by atoms with van der Waals surface area (Å²) in [4.78, 5) is 8.95. The van der Waals surface area contributed by atoms with Crippen LogP contribution in [0.2, 0.25) is 5.02 Å². The Balaban J connectivity index is 1.82. The van der Waals surface area contributed by atoms with Crippen molar-refractivity contribution in [3.8, 4) is 11.4 Å². The standard InChI is InChI=1S/C23H19ClN4O/c1-15-8-10-16(11-9-15)13-20(17-5-3-6-18(24)14-17)23-27-22(28-29-23)19-7-4-12-26-21(19)25-2/h3-14H,1-2H3,(H,25,26)/b20-13+. The summed E-state index contributed by atoms with van der Waals surface area (Å²) >= 11 is 6.23. The average molecular weight is 403 g/mol. The first-order valence-electron chi connectivity index (χ1n) is 9.15. The van der Waals surface area contributed by atoms with Crippen LogP contribution in [0.1, 0.15) is 22.6 Å². The fraction of sp³-hybridized carbons (Fsp3) is 0.0870. The Labute approximate surface area is 174 Å². The normalized spacial score (nSPS) is 11.5. The summed E-state index contributed by atoms with van der Waals surface area (Å²) in [5, 5.41) is 7.87. The van der Waals surface area contributed by atoms with E-state index >= 15 is 0 Å². The van der Waals surface area contributed by atoms with Crippen molar-refractivity contribution in [2.45, 2.75) is 6.92 Å². The van der Waals surface area contributed by atoms with Crippen LogP contribution in [0, 0.1) is 6.92 Å². The van der Waals surface area contributed by atoms with Crippen LogP contribution in [-0.2, 0) is 0 Å². The van der Waals surface area contributed by atoms with Crippen molar-refractivity contribution in [2.24, 2.45) is 0 Å². The van der Waals surface area contributed by atoms with Crippen molar-refractivity contribution in [3.05, 3.63) is 94.5 Å². The van der Waals surface area contributed by atoms with E-state index in [0.717, 1.165) is 22.3 Å². The van der Waals surface area contributed by atoms with Crippen molar-refractivity contribution >= 4 is 29.1 Å². The number of benzene rings is 2. The molecule has 4 rings (SSSR count). The second-order valence-electron chi connectivity index (χ2n) is 6.55. The van der Waals surface area contributed by atoms with Gasteiger partial charge in [-0.2, -0.15) is 4.98 Å². The minimum absolute atomic E-state index is 0.411. The number of aromatic nitrogens is 3. The fourth-order valence-electron chi connectivity index (χ4n) is 2.98. The van der Waals surface area contributed by atoms with E-state index in [-0.39, 0.29) is 0 Å². The molecule has 0 fully saturated rings. The van der Waals surface area contributed by atoms with E-state index in [4.69, 9.17) is 16.1 Å². The third-order valence-corrected chi connectivity index (χ3v) is 4.70. The van der Waals surface area contributed by atoms with Crippen molar-refractivity contribution in [2.75, 3.05) is 12.4 Å². The van der Waals surface area contributed by atoms with Crippen LogP contribution in [0.25, 0.3) is 23.0 Å². The highest BCUT2D eigenvalue weighted by Crippen LogP contribution is 2.30. The third kappa shape index (κ3) is 4.20. The number of rotatable bonds is 5. The number of nitrogens with one attached hydrogen (secondary N) is 1. The van der Waals surface area contributed by atoms with Crippen molar-refractivity contribution in [3.63, 3.8) is 0 Å². The summed E-state index contributed by atoms with van der Waals surface area (Å²) in [6, 6.07) is 19.6. The van der Waals surface area contributed by atoms with E-state index in [1.54, 1.807) is 6.20 Å². The quantitative estimate of drug-likeness (QED) is 0.432. The number of hydrogen-bond acceptors (Lipinski definition) is 5. The van der Waals surface area contributed by atoms with E-state index in [9.17, 15) is 0 Å². The molecule has 1 N–H and O–H groups in total. The van der Waals surface area contributed by atoms with Gasteiger partial charge in [0, 0.05) is 23.8 Å². The van der Waals surface area contributed by atoms with E-state index < -0.39 is 0 Å². The van der Waals surface area contributed by atoms with Gasteiger partial charge in [0.05, 0.1) is 5.56 Å². The Bertz CT molecular complexity index is 1170. The van der Waals surface area contributed by atoms with E-state index in [1.807, 2.05) is 49.5 Å². The molecule has 144 valence electrons. The summed E-state index contributed by atoms with van der Waals surface area (Å²) in [5.41, 5.74) is 4.69. The first-order valence-corrected chi connectivity index (χ1v) is 9.53. The van der Waals surface area contributed by atoms with E-state index in [1.165, 1.54) is 5.56 Å². The van der Waals surface area contributed by atoms with Crippen molar-refractivity contribution < 1.29 is 4.52 Å². The van der Waals surface area contributed by atoms with Gasteiger partial charge in [0.25, 0.3) is 5.89 Å². The lowest BCUT2D eigenvalue weighted by Gasteiger charge is -2.05. The molecule has 0 atom stereocenters. The zero-order valence-electron chi connectivity index (χ0n) is 16.1. The molecule has 0 saturated heterocycles. The smallest absolute Gasteiger partial charge is 0.258 e. The summed E-state index contributed by atoms with van der Waals surface area (Å²) in [6.45, 7) is 2.06. The number of hydrogen-bond donors (Lipinski definition) is 1. The highest BCUT2D eigenvalue weighted by atomic mass is 35.5. The maximum atomic E-state index is 6.23. The maximum Gasteiger partial charge on any atom is 0.258 e. The highest BCUT2D eigenvalue weighted by Gasteiger charge is 2.17. The lowest BCUT2D eigenvalue weighted by Crippen LogP contribution is -1.96. The molecule has 0 unspecified atom stereocenters. The van der Waals surface area contributed by atoms with Gasteiger partial charge in [0.1, 0.15) is 5.82 Å². The average Bonchev–Trinajstić information content (AvgIpc) is 3.23. The first-order chi connectivity index (χ1) is 14.1. The zero-order chi connectivity index (χ0) is 20.2. The molecule has 5 nitrogen and oxygen atoms in total. The monoisotopic (exact) mass is 402 g/mol.